The first kappa shape index (κ1) is 17.3. The first-order valence-corrected chi connectivity index (χ1v) is 9.53. The van der Waals surface area contributed by atoms with E-state index >= 15 is 0 Å². The molecule has 1 atom stereocenters. The highest BCUT2D eigenvalue weighted by Gasteiger charge is 2.34. The van der Waals surface area contributed by atoms with Crippen LogP contribution in [0.3, 0.4) is 0 Å². The second kappa shape index (κ2) is 5.95. The number of anilines is 1. The number of allylic oxidation sites excluding steroid dienone is 1. The third-order valence-corrected chi connectivity index (χ3v) is 5.55. The van der Waals surface area contributed by atoms with E-state index in [-0.39, 0.29) is 17.4 Å². The molecule has 3 nitrogen and oxygen atoms in total. The van der Waals surface area contributed by atoms with E-state index in [9.17, 15) is 5.11 Å². The van der Waals surface area contributed by atoms with Gasteiger partial charge in [-0.1, -0.05) is 37.1 Å². The fraction of sp³-hybridized carbons (Fsp3) is 0.364. The Balaban J connectivity index is 2.02. The largest absolute Gasteiger partial charge is 0.506 e. The number of ether oxygens (including phenoxy) is 1. The predicted molar refractivity (Wildman–Crippen MR) is 108 cm³/mol. The van der Waals surface area contributed by atoms with Crippen LogP contribution in [0.4, 0.5) is 5.69 Å². The van der Waals surface area contributed by atoms with Gasteiger partial charge in [0.05, 0.1) is 10.6 Å². The topological polar surface area (TPSA) is 41.5 Å². The molecule has 0 saturated heterocycles. The molecule has 1 unspecified atom stereocenters. The number of nitrogens with one attached hydrogen (secondary N) is 1. The van der Waals surface area contributed by atoms with Crippen molar-refractivity contribution in [1.29, 1.82) is 0 Å². The second-order valence-electron chi connectivity index (χ2n) is 7.79. The van der Waals surface area contributed by atoms with E-state index in [4.69, 9.17) is 16.3 Å². The standard InChI is InChI=1S/C22H24ClNO2/c1-5-6-16-19-13(20-17(26-16)10-9-15(25)21(20)23)7-8-14-18(19)12(2)11-22(3,4)24-14/h7-11,16,24-25H,5-6H2,1-4H3. The molecule has 2 aliphatic rings. The van der Waals surface area contributed by atoms with Crippen molar-refractivity contribution < 1.29 is 9.84 Å². The van der Waals surface area contributed by atoms with Gasteiger partial charge in [0.1, 0.15) is 17.6 Å². The fourth-order valence-electron chi connectivity index (χ4n) is 4.27. The van der Waals surface area contributed by atoms with E-state index in [0.29, 0.717) is 5.02 Å². The average molecular weight is 370 g/mol. The molecule has 4 heteroatoms. The molecule has 0 spiro atoms. The van der Waals surface area contributed by atoms with E-state index in [0.717, 1.165) is 35.4 Å². The Kier molecular flexibility index (Phi) is 3.96. The minimum Gasteiger partial charge on any atom is -0.506 e. The van der Waals surface area contributed by atoms with E-state index in [1.807, 2.05) is 6.07 Å². The molecule has 2 heterocycles. The lowest BCUT2D eigenvalue weighted by molar-refractivity contribution is 0.190. The summed E-state index contributed by atoms with van der Waals surface area (Å²) in [7, 11) is 0. The first-order chi connectivity index (χ1) is 12.3. The molecule has 4 rings (SSSR count). The molecule has 2 aliphatic heterocycles. The maximum Gasteiger partial charge on any atom is 0.135 e. The molecule has 2 aromatic carbocycles. The fourth-order valence-corrected chi connectivity index (χ4v) is 4.53. The zero-order chi connectivity index (χ0) is 18.6. The van der Waals surface area contributed by atoms with Gasteiger partial charge in [-0.2, -0.15) is 0 Å². The van der Waals surface area contributed by atoms with Crippen molar-refractivity contribution in [2.24, 2.45) is 0 Å². The third kappa shape index (κ3) is 2.57. The second-order valence-corrected chi connectivity index (χ2v) is 8.17. The summed E-state index contributed by atoms with van der Waals surface area (Å²) >= 11 is 6.47. The summed E-state index contributed by atoms with van der Waals surface area (Å²) in [5, 5.41) is 14.1. The van der Waals surface area contributed by atoms with Gasteiger partial charge >= 0.3 is 0 Å². The van der Waals surface area contributed by atoms with Gasteiger partial charge in [0, 0.05) is 22.4 Å². The predicted octanol–water partition coefficient (Wildman–Crippen LogP) is 6.55. The Labute approximate surface area is 159 Å². The van der Waals surface area contributed by atoms with Gasteiger partial charge in [0.15, 0.2) is 0 Å². The number of phenols is 1. The summed E-state index contributed by atoms with van der Waals surface area (Å²) in [6.45, 7) is 8.67. The van der Waals surface area contributed by atoms with Crippen molar-refractivity contribution in [2.45, 2.75) is 52.2 Å². The molecule has 2 N–H and O–H groups in total. The van der Waals surface area contributed by atoms with Crippen LogP contribution in [0.15, 0.2) is 30.3 Å². The number of hydrogen-bond acceptors (Lipinski definition) is 3. The lowest BCUT2D eigenvalue weighted by Gasteiger charge is -2.37. The van der Waals surface area contributed by atoms with Crippen molar-refractivity contribution in [2.75, 3.05) is 5.32 Å². The first-order valence-electron chi connectivity index (χ1n) is 9.16. The van der Waals surface area contributed by atoms with Crippen LogP contribution in [0.25, 0.3) is 16.7 Å². The van der Waals surface area contributed by atoms with Gasteiger partial charge in [-0.05, 0) is 56.5 Å². The molecule has 136 valence electrons. The van der Waals surface area contributed by atoms with Gasteiger partial charge in [-0.25, -0.2) is 0 Å². The molecule has 0 bridgehead atoms. The van der Waals surface area contributed by atoms with Crippen LogP contribution in [-0.4, -0.2) is 10.6 Å². The van der Waals surface area contributed by atoms with Crippen LogP contribution in [0.5, 0.6) is 11.5 Å². The Hall–Kier alpha value is -2.13. The van der Waals surface area contributed by atoms with Gasteiger partial charge in [-0.3, -0.25) is 0 Å². The normalized spacial score (nSPS) is 19.4. The maximum atomic E-state index is 10.1. The van der Waals surface area contributed by atoms with Crippen LogP contribution < -0.4 is 10.1 Å². The minimum atomic E-state index is -0.0884. The Morgan fingerprint density at radius 3 is 2.69 bits per heavy atom. The molecule has 0 saturated carbocycles. The van der Waals surface area contributed by atoms with Gasteiger partial charge in [0.2, 0.25) is 0 Å². The van der Waals surface area contributed by atoms with Crippen LogP contribution in [0.2, 0.25) is 5.02 Å². The SMILES string of the molecule is CCCC1Oc2ccc(O)c(Cl)c2-c2ccc3c(c21)C(C)=CC(C)(C)N3. The molecule has 0 amide bonds. The summed E-state index contributed by atoms with van der Waals surface area (Å²) < 4.78 is 6.35. The molecular weight excluding hydrogens is 346 g/mol. The van der Waals surface area contributed by atoms with Crippen LogP contribution in [0.1, 0.15) is 57.8 Å². The monoisotopic (exact) mass is 369 g/mol. The Morgan fingerprint density at radius 1 is 1.19 bits per heavy atom. The lowest BCUT2D eigenvalue weighted by atomic mass is 9.81. The molecular formula is C22H24ClNO2. The number of fused-ring (bicyclic) bond motifs is 5. The summed E-state index contributed by atoms with van der Waals surface area (Å²) in [6.07, 6.45) is 4.19. The highest BCUT2D eigenvalue weighted by molar-refractivity contribution is 6.35. The summed E-state index contributed by atoms with van der Waals surface area (Å²) in [5.41, 5.74) is 6.48. The van der Waals surface area contributed by atoms with E-state index in [1.165, 1.54) is 16.7 Å². The Morgan fingerprint density at radius 2 is 1.96 bits per heavy atom. The van der Waals surface area contributed by atoms with Crippen LogP contribution in [0, 0.1) is 0 Å². The molecule has 0 aromatic heterocycles. The number of benzene rings is 2. The van der Waals surface area contributed by atoms with Crippen molar-refractivity contribution in [3.8, 4) is 22.6 Å². The quantitative estimate of drug-likeness (QED) is 0.630. The van der Waals surface area contributed by atoms with Crippen LogP contribution >= 0.6 is 11.6 Å². The molecule has 0 aliphatic carbocycles. The third-order valence-electron chi connectivity index (χ3n) is 5.17. The molecule has 26 heavy (non-hydrogen) atoms. The summed E-state index contributed by atoms with van der Waals surface area (Å²) in [5.74, 6) is 0.822. The number of halogens is 1. The highest BCUT2D eigenvalue weighted by atomic mass is 35.5. The van der Waals surface area contributed by atoms with Crippen molar-refractivity contribution in [1.82, 2.24) is 0 Å². The number of phenolic OH excluding ortho intramolecular Hbond substituents is 1. The lowest BCUT2D eigenvalue weighted by Crippen LogP contribution is -2.32. The van der Waals surface area contributed by atoms with Gasteiger partial charge < -0.3 is 15.2 Å². The minimum absolute atomic E-state index is 0.0237. The number of hydrogen-bond donors (Lipinski definition) is 2. The summed E-state index contributed by atoms with van der Waals surface area (Å²) in [6, 6.07) is 7.63. The van der Waals surface area contributed by atoms with E-state index < -0.39 is 0 Å². The molecule has 0 fully saturated rings. The van der Waals surface area contributed by atoms with Crippen molar-refractivity contribution in [3.63, 3.8) is 0 Å². The molecule has 2 aromatic rings. The van der Waals surface area contributed by atoms with Gasteiger partial charge in [0.25, 0.3) is 0 Å². The number of aromatic hydroxyl groups is 1. The zero-order valence-electron chi connectivity index (χ0n) is 15.6. The average Bonchev–Trinajstić information content (AvgIpc) is 2.56. The maximum absolute atomic E-state index is 10.1. The molecule has 0 radical (unpaired) electrons. The Bertz CT molecular complexity index is 930. The van der Waals surface area contributed by atoms with Crippen molar-refractivity contribution in [3.05, 3.63) is 46.5 Å². The van der Waals surface area contributed by atoms with E-state index in [2.05, 4.69) is 51.2 Å². The number of rotatable bonds is 2. The highest BCUT2D eigenvalue weighted by Crippen LogP contribution is 2.53. The van der Waals surface area contributed by atoms with Crippen molar-refractivity contribution >= 4 is 22.9 Å². The van der Waals surface area contributed by atoms with Crippen LogP contribution in [-0.2, 0) is 0 Å². The summed E-state index contributed by atoms with van der Waals surface area (Å²) in [4.78, 5) is 0. The zero-order valence-corrected chi connectivity index (χ0v) is 16.4. The van der Waals surface area contributed by atoms with E-state index in [1.54, 1.807) is 6.07 Å². The van der Waals surface area contributed by atoms with Gasteiger partial charge in [-0.15, -0.1) is 0 Å². The smallest absolute Gasteiger partial charge is 0.135 e.